The minimum Gasteiger partial charge on any atom is -0.398 e. The predicted molar refractivity (Wildman–Crippen MR) is 65.4 cm³/mol. The molecular formula is C12H19N3O2. The first kappa shape index (κ1) is 12.3. The third kappa shape index (κ3) is 2.41. The summed E-state index contributed by atoms with van der Waals surface area (Å²) in [5, 5.41) is 19.0. The molecule has 2 unspecified atom stereocenters. The number of pyridine rings is 1. The molecule has 17 heavy (non-hydrogen) atoms. The van der Waals surface area contributed by atoms with E-state index in [1.165, 1.54) is 0 Å². The quantitative estimate of drug-likeness (QED) is 0.664. The van der Waals surface area contributed by atoms with Gasteiger partial charge in [-0.2, -0.15) is 0 Å². The first-order valence-electron chi connectivity index (χ1n) is 5.78. The Labute approximate surface area is 101 Å². The molecule has 94 valence electrons. The van der Waals surface area contributed by atoms with Crippen LogP contribution >= 0.6 is 0 Å². The fraction of sp³-hybridized carbons (Fsp3) is 0.583. The second-order valence-corrected chi connectivity index (χ2v) is 4.76. The van der Waals surface area contributed by atoms with E-state index < -0.39 is 12.2 Å². The number of aryl methyl sites for hydroxylation is 1. The summed E-state index contributed by atoms with van der Waals surface area (Å²) in [4.78, 5) is 6.35. The first-order valence-corrected chi connectivity index (χ1v) is 5.78. The Bertz CT molecular complexity index is 412. The van der Waals surface area contributed by atoms with Gasteiger partial charge >= 0.3 is 0 Å². The fourth-order valence-electron chi connectivity index (χ4n) is 2.14. The molecule has 0 aliphatic carbocycles. The van der Waals surface area contributed by atoms with Crippen molar-refractivity contribution in [1.29, 1.82) is 0 Å². The number of likely N-dealkylation sites (tertiary alicyclic amines) is 1. The maximum absolute atomic E-state index is 9.48. The zero-order valence-corrected chi connectivity index (χ0v) is 10.2. The fourth-order valence-corrected chi connectivity index (χ4v) is 2.14. The Kier molecular flexibility index (Phi) is 3.33. The lowest BCUT2D eigenvalue weighted by molar-refractivity contribution is 0.0572. The number of aromatic nitrogens is 1. The van der Waals surface area contributed by atoms with Crippen LogP contribution in [0.1, 0.15) is 16.8 Å². The van der Waals surface area contributed by atoms with Crippen LogP contribution in [0.5, 0.6) is 0 Å². The van der Waals surface area contributed by atoms with Crippen molar-refractivity contribution < 1.29 is 10.2 Å². The summed E-state index contributed by atoms with van der Waals surface area (Å²) in [5.41, 5.74) is 9.61. The van der Waals surface area contributed by atoms with Crippen molar-refractivity contribution in [2.45, 2.75) is 32.6 Å². The topological polar surface area (TPSA) is 82.6 Å². The van der Waals surface area contributed by atoms with Gasteiger partial charge in [-0.1, -0.05) is 0 Å². The van der Waals surface area contributed by atoms with Crippen molar-refractivity contribution >= 4 is 5.69 Å². The zero-order chi connectivity index (χ0) is 12.6. The summed E-state index contributed by atoms with van der Waals surface area (Å²) in [6.45, 7) is 5.46. The van der Waals surface area contributed by atoms with Gasteiger partial charge in [0.05, 0.1) is 17.9 Å². The minimum absolute atomic E-state index is 0.482. The molecule has 0 spiro atoms. The average Bonchev–Trinajstić information content (AvgIpc) is 2.59. The molecule has 0 bridgehead atoms. The number of nitrogens with zero attached hydrogens (tertiary/aromatic N) is 2. The van der Waals surface area contributed by atoms with Crippen LogP contribution in [-0.2, 0) is 6.54 Å². The molecule has 4 N–H and O–H groups in total. The number of rotatable bonds is 2. The zero-order valence-electron chi connectivity index (χ0n) is 10.2. The number of anilines is 1. The van der Waals surface area contributed by atoms with Gasteiger partial charge in [0.15, 0.2) is 0 Å². The highest BCUT2D eigenvalue weighted by atomic mass is 16.3. The monoisotopic (exact) mass is 237 g/mol. The summed E-state index contributed by atoms with van der Waals surface area (Å²) in [6.07, 6.45) is 0.455. The maximum atomic E-state index is 9.48. The van der Waals surface area contributed by atoms with Crippen LogP contribution in [-0.4, -0.2) is 45.4 Å². The molecule has 1 fully saturated rings. The van der Waals surface area contributed by atoms with Gasteiger partial charge in [0.25, 0.3) is 0 Å². The molecule has 0 radical (unpaired) electrons. The molecule has 5 nitrogen and oxygen atoms in total. The van der Waals surface area contributed by atoms with E-state index in [4.69, 9.17) is 5.73 Å². The highest BCUT2D eigenvalue weighted by Crippen LogP contribution is 2.21. The molecule has 5 heteroatoms. The average molecular weight is 237 g/mol. The molecule has 2 atom stereocenters. The highest BCUT2D eigenvalue weighted by molar-refractivity contribution is 5.53. The van der Waals surface area contributed by atoms with Crippen molar-refractivity contribution in [2.75, 3.05) is 18.8 Å². The van der Waals surface area contributed by atoms with Gasteiger partial charge in [-0.25, -0.2) is 0 Å². The van der Waals surface area contributed by atoms with E-state index in [2.05, 4.69) is 4.98 Å². The van der Waals surface area contributed by atoms with Crippen LogP contribution in [0.2, 0.25) is 0 Å². The van der Waals surface area contributed by atoms with E-state index in [0.717, 1.165) is 22.5 Å². The van der Waals surface area contributed by atoms with Gasteiger partial charge in [-0.05, 0) is 25.0 Å². The number of aliphatic hydroxyl groups is 2. The van der Waals surface area contributed by atoms with Crippen LogP contribution in [0.25, 0.3) is 0 Å². The van der Waals surface area contributed by atoms with Crippen LogP contribution in [0.3, 0.4) is 0 Å². The summed E-state index contributed by atoms with van der Waals surface area (Å²) in [7, 11) is 0. The third-order valence-corrected chi connectivity index (χ3v) is 3.38. The Morgan fingerprint density at radius 2 is 1.94 bits per heavy atom. The SMILES string of the molecule is Cc1cnc(CN2CC(O)C(O)C2)c(C)c1N. The highest BCUT2D eigenvalue weighted by Gasteiger charge is 2.29. The van der Waals surface area contributed by atoms with Crippen molar-refractivity contribution in [1.82, 2.24) is 9.88 Å². The largest absolute Gasteiger partial charge is 0.398 e. The Hall–Kier alpha value is -1.17. The molecule has 0 saturated carbocycles. The second-order valence-electron chi connectivity index (χ2n) is 4.76. The van der Waals surface area contributed by atoms with E-state index in [1.54, 1.807) is 6.20 Å². The van der Waals surface area contributed by atoms with Crippen LogP contribution < -0.4 is 5.73 Å². The van der Waals surface area contributed by atoms with Crippen molar-refractivity contribution in [3.05, 3.63) is 23.0 Å². The van der Waals surface area contributed by atoms with Gasteiger partial charge in [-0.3, -0.25) is 9.88 Å². The normalized spacial score (nSPS) is 25.4. The van der Waals surface area contributed by atoms with Crippen LogP contribution in [0.15, 0.2) is 6.20 Å². The molecule has 1 saturated heterocycles. The lowest BCUT2D eigenvalue weighted by atomic mass is 10.1. The van der Waals surface area contributed by atoms with Gasteiger partial charge in [0, 0.05) is 31.5 Å². The van der Waals surface area contributed by atoms with Gasteiger partial charge in [0.2, 0.25) is 0 Å². The van der Waals surface area contributed by atoms with E-state index in [9.17, 15) is 10.2 Å². The Morgan fingerprint density at radius 1 is 1.35 bits per heavy atom. The van der Waals surface area contributed by atoms with Crippen molar-refractivity contribution in [2.24, 2.45) is 0 Å². The Balaban J connectivity index is 2.12. The summed E-state index contributed by atoms with van der Waals surface area (Å²) in [6, 6.07) is 0. The lowest BCUT2D eigenvalue weighted by Crippen LogP contribution is -2.23. The van der Waals surface area contributed by atoms with Crippen molar-refractivity contribution in [3.63, 3.8) is 0 Å². The summed E-state index contributed by atoms with van der Waals surface area (Å²) >= 11 is 0. The minimum atomic E-state index is -0.655. The molecule has 0 aromatic carbocycles. The molecule has 1 aromatic heterocycles. The molecule has 0 amide bonds. The van der Waals surface area contributed by atoms with E-state index in [1.807, 2.05) is 18.7 Å². The van der Waals surface area contributed by atoms with Gasteiger partial charge in [0.1, 0.15) is 0 Å². The maximum Gasteiger partial charge on any atom is 0.0938 e. The van der Waals surface area contributed by atoms with E-state index in [-0.39, 0.29) is 0 Å². The predicted octanol–water partition coefficient (Wildman–Crippen LogP) is -0.182. The number of β-amino-alcohol motifs (C(OH)–C–C–N with tert-alkyl or cyclic N) is 2. The number of aliphatic hydroxyl groups excluding tert-OH is 2. The van der Waals surface area contributed by atoms with Crippen LogP contribution in [0.4, 0.5) is 5.69 Å². The smallest absolute Gasteiger partial charge is 0.0938 e. The van der Waals surface area contributed by atoms with Gasteiger partial charge < -0.3 is 15.9 Å². The summed E-state index contributed by atoms with van der Waals surface area (Å²) < 4.78 is 0. The van der Waals surface area contributed by atoms with Gasteiger partial charge in [-0.15, -0.1) is 0 Å². The number of hydrogen-bond donors (Lipinski definition) is 3. The second kappa shape index (κ2) is 4.60. The molecule has 2 heterocycles. The van der Waals surface area contributed by atoms with E-state index >= 15 is 0 Å². The van der Waals surface area contributed by atoms with E-state index in [0.29, 0.717) is 19.6 Å². The molecule has 1 aromatic rings. The number of hydrogen-bond acceptors (Lipinski definition) is 5. The number of nitrogen functional groups attached to an aromatic ring is 1. The van der Waals surface area contributed by atoms with Crippen molar-refractivity contribution in [3.8, 4) is 0 Å². The summed E-state index contributed by atoms with van der Waals surface area (Å²) in [5.74, 6) is 0. The lowest BCUT2D eigenvalue weighted by Gasteiger charge is -2.17. The third-order valence-electron chi connectivity index (χ3n) is 3.38. The van der Waals surface area contributed by atoms with Crippen LogP contribution in [0, 0.1) is 13.8 Å². The Morgan fingerprint density at radius 3 is 2.53 bits per heavy atom. The molecular weight excluding hydrogens is 218 g/mol. The standard InChI is InChI=1S/C12H19N3O2/c1-7-3-14-9(8(2)12(7)13)4-15-5-10(16)11(17)6-15/h3,10-11,16-17H,4-6H2,1-2H3,(H2,13,14). The first-order chi connectivity index (χ1) is 7.99. The molecule has 2 rings (SSSR count). The number of nitrogens with two attached hydrogens (primary N) is 1. The molecule has 1 aliphatic heterocycles. The molecule has 1 aliphatic rings.